The standard InChI is InChI=1S/C17H29N3/c1-15(2)9-16(3,12-18)11-17(20,10-15)8-13-5-4-6-14(19)7-13/h4-7H,8-12,18-20H2,1-3H3. The lowest BCUT2D eigenvalue weighted by Crippen LogP contribution is -2.55. The molecule has 1 aromatic carbocycles. The summed E-state index contributed by atoms with van der Waals surface area (Å²) < 4.78 is 0. The fraction of sp³-hybridized carbons (Fsp3) is 0.647. The minimum Gasteiger partial charge on any atom is -0.399 e. The maximum atomic E-state index is 6.77. The average Bonchev–Trinajstić information content (AvgIpc) is 2.24. The van der Waals surface area contributed by atoms with Crippen molar-refractivity contribution in [2.45, 2.75) is 52.0 Å². The highest BCUT2D eigenvalue weighted by molar-refractivity contribution is 5.41. The summed E-state index contributed by atoms with van der Waals surface area (Å²) in [6, 6.07) is 8.08. The van der Waals surface area contributed by atoms with E-state index < -0.39 is 0 Å². The number of hydrogen-bond acceptors (Lipinski definition) is 3. The molecule has 1 aromatic rings. The molecule has 20 heavy (non-hydrogen) atoms. The van der Waals surface area contributed by atoms with E-state index in [1.54, 1.807) is 0 Å². The van der Waals surface area contributed by atoms with Gasteiger partial charge < -0.3 is 17.2 Å². The van der Waals surface area contributed by atoms with Crippen molar-refractivity contribution in [3.8, 4) is 0 Å². The normalized spacial score (nSPS) is 33.0. The van der Waals surface area contributed by atoms with Crippen molar-refractivity contribution >= 4 is 5.69 Å². The molecule has 0 aliphatic heterocycles. The SMILES string of the molecule is CC1(C)CC(C)(CN)CC(N)(Cc2cccc(N)c2)C1. The van der Waals surface area contributed by atoms with Gasteiger partial charge in [0.15, 0.2) is 0 Å². The highest BCUT2D eigenvalue weighted by Crippen LogP contribution is 2.49. The molecule has 1 aliphatic carbocycles. The van der Waals surface area contributed by atoms with Crippen LogP contribution in [-0.4, -0.2) is 12.1 Å². The predicted molar refractivity (Wildman–Crippen MR) is 86.3 cm³/mol. The molecule has 3 nitrogen and oxygen atoms in total. The Morgan fingerprint density at radius 1 is 1.10 bits per heavy atom. The summed E-state index contributed by atoms with van der Waals surface area (Å²) >= 11 is 0. The average molecular weight is 275 g/mol. The Kier molecular flexibility index (Phi) is 3.87. The molecule has 0 bridgehead atoms. The van der Waals surface area contributed by atoms with Crippen LogP contribution in [0.3, 0.4) is 0 Å². The molecular formula is C17H29N3. The van der Waals surface area contributed by atoms with Crippen LogP contribution in [-0.2, 0) is 6.42 Å². The Balaban J connectivity index is 2.24. The molecule has 2 unspecified atom stereocenters. The lowest BCUT2D eigenvalue weighted by atomic mass is 9.57. The molecule has 1 saturated carbocycles. The summed E-state index contributed by atoms with van der Waals surface area (Å²) in [7, 11) is 0. The maximum absolute atomic E-state index is 6.77. The summed E-state index contributed by atoms with van der Waals surface area (Å²) in [4.78, 5) is 0. The third-order valence-electron chi connectivity index (χ3n) is 4.51. The van der Waals surface area contributed by atoms with Crippen molar-refractivity contribution in [2.75, 3.05) is 12.3 Å². The van der Waals surface area contributed by atoms with E-state index >= 15 is 0 Å². The molecule has 0 radical (unpaired) electrons. The van der Waals surface area contributed by atoms with Crippen LogP contribution in [0.5, 0.6) is 0 Å². The molecule has 0 amide bonds. The molecule has 2 rings (SSSR count). The van der Waals surface area contributed by atoms with Crippen molar-refractivity contribution in [1.82, 2.24) is 0 Å². The highest BCUT2D eigenvalue weighted by Gasteiger charge is 2.46. The van der Waals surface area contributed by atoms with E-state index in [-0.39, 0.29) is 16.4 Å². The molecule has 1 fully saturated rings. The summed E-state index contributed by atoms with van der Waals surface area (Å²) in [5, 5.41) is 0. The van der Waals surface area contributed by atoms with Gasteiger partial charge in [-0.25, -0.2) is 0 Å². The Bertz CT molecular complexity index is 483. The molecule has 112 valence electrons. The van der Waals surface area contributed by atoms with E-state index in [1.807, 2.05) is 18.2 Å². The summed E-state index contributed by atoms with van der Waals surface area (Å²) in [6.45, 7) is 7.59. The molecule has 3 heteroatoms. The number of rotatable bonds is 3. The van der Waals surface area contributed by atoms with Crippen molar-refractivity contribution in [2.24, 2.45) is 22.3 Å². The minimum absolute atomic E-state index is 0.136. The van der Waals surface area contributed by atoms with Gasteiger partial charge in [0.1, 0.15) is 0 Å². The first-order valence-electron chi connectivity index (χ1n) is 7.49. The Hall–Kier alpha value is -1.06. The predicted octanol–water partition coefficient (Wildman–Crippen LogP) is 2.68. The number of nitrogen functional groups attached to an aromatic ring is 1. The van der Waals surface area contributed by atoms with Gasteiger partial charge in [-0.05, 0) is 60.8 Å². The van der Waals surface area contributed by atoms with Gasteiger partial charge in [0.05, 0.1) is 0 Å². The zero-order valence-corrected chi connectivity index (χ0v) is 13.1. The number of anilines is 1. The van der Waals surface area contributed by atoms with Crippen LogP contribution >= 0.6 is 0 Å². The largest absolute Gasteiger partial charge is 0.399 e. The summed E-state index contributed by atoms with van der Waals surface area (Å²) in [5.41, 5.74) is 20.9. The van der Waals surface area contributed by atoms with Crippen LogP contribution in [0.2, 0.25) is 0 Å². The van der Waals surface area contributed by atoms with Crippen molar-refractivity contribution < 1.29 is 0 Å². The molecule has 2 atom stereocenters. The second kappa shape index (κ2) is 5.05. The van der Waals surface area contributed by atoms with Crippen LogP contribution < -0.4 is 17.2 Å². The topological polar surface area (TPSA) is 78.1 Å². The molecule has 1 aliphatic rings. The summed E-state index contributed by atoms with van der Waals surface area (Å²) in [6.07, 6.45) is 4.03. The van der Waals surface area contributed by atoms with Gasteiger partial charge in [0.25, 0.3) is 0 Å². The van der Waals surface area contributed by atoms with Gasteiger partial charge in [-0.2, -0.15) is 0 Å². The van der Waals surface area contributed by atoms with Crippen molar-refractivity contribution in [3.63, 3.8) is 0 Å². The third-order valence-corrected chi connectivity index (χ3v) is 4.51. The van der Waals surface area contributed by atoms with E-state index in [1.165, 1.54) is 5.56 Å². The molecule has 0 saturated heterocycles. The second-order valence-corrected chi connectivity index (χ2v) is 7.99. The molecule has 0 spiro atoms. The molecule has 6 N–H and O–H groups in total. The highest BCUT2D eigenvalue weighted by atomic mass is 14.8. The first kappa shape index (κ1) is 15.3. The van der Waals surface area contributed by atoms with Crippen molar-refractivity contribution in [3.05, 3.63) is 29.8 Å². The fourth-order valence-electron chi connectivity index (χ4n) is 4.52. The quantitative estimate of drug-likeness (QED) is 0.742. The van der Waals surface area contributed by atoms with Crippen molar-refractivity contribution in [1.29, 1.82) is 0 Å². The zero-order chi connectivity index (χ0) is 15.0. The van der Waals surface area contributed by atoms with Gasteiger partial charge in [-0.15, -0.1) is 0 Å². The molecule has 0 aromatic heterocycles. The lowest BCUT2D eigenvalue weighted by molar-refractivity contribution is 0.0420. The van der Waals surface area contributed by atoms with Crippen LogP contribution in [0.15, 0.2) is 24.3 Å². The van der Waals surface area contributed by atoms with Crippen LogP contribution in [0.4, 0.5) is 5.69 Å². The second-order valence-electron chi connectivity index (χ2n) is 7.99. The molecule has 0 heterocycles. The Labute approximate surface area is 122 Å². The fourth-order valence-corrected chi connectivity index (χ4v) is 4.52. The van der Waals surface area contributed by atoms with E-state index in [9.17, 15) is 0 Å². The minimum atomic E-state index is -0.191. The van der Waals surface area contributed by atoms with Crippen LogP contribution in [0, 0.1) is 10.8 Å². The van der Waals surface area contributed by atoms with Crippen LogP contribution in [0.1, 0.15) is 45.6 Å². The maximum Gasteiger partial charge on any atom is 0.0316 e. The smallest absolute Gasteiger partial charge is 0.0316 e. The Morgan fingerprint density at radius 3 is 2.40 bits per heavy atom. The van der Waals surface area contributed by atoms with Crippen LogP contribution in [0.25, 0.3) is 0 Å². The number of hydrogen-bond donors (Lipinski definition) is 3. The zero-order valence-electron chi connectivity index (χ0n) is 13.1. The first-order valence-corrected chi connectivity index (χ1v) is 7.49. The van der Waals surface area contributed by atoms with E-state index in [4.69, 9.17) is 17.2 Å². The Morgan fingerprint density at radius 2 is 1.80 bits per heavy atom. The number of benzene rings is 1. The number of nitrogens with two attached hydrogens (primary N) is 3. The van der Waals surface area contributed by atoms with E-state index in [2.05, 4.69) is 26.8 Å². The first-order chi connectivity index (χ1) is 9.15. The van der Waals surface area contributed by atoms with Gasteiger partial charge in [-0.3, -0.25) is 0 Å². The monoisotopic (exact) mass is 275 g/mol. The van der Waals surface area contributed by atoms with E-state index in [0.717, 1.165) is 31.4 Å². The van der Waals surface area contributed by atoms with Gasteiger partial charge in [-0.1, -0.05) is 32.9 Å². The third kappa shape index (κ3) is 3.53. The van der Waals surface area contributed by atoms with E-state index in [0.29, 0.717) is 6.54 Å². The van der Waals surface area contributed by atoms with Gasteiger partial charge in [0, 0.05) is 11.2 Å². The lowest BCUT2D eigenvalue weighted by Gasteiger charge is -2.51. The van der Waals surface area contributed by atoms with Gasteiger partial charge >= 0.3 is 0 Å². The molecular weight excluding hydrogens is 246 g/mol. The summed E-state index contributed by atoms with van der Waals surface area (Å²) in [5.74, 6) is 0. The van der Waals surface area contributed by atoms with Gasteiger partial charge in [0.2, 0.25) is 0 Å².